The average molecular weight is 385 g/mol. The highest BCUT2D eigenvalue weighted by Crippen LogP contribution is 2.29. The summed E-state index contributed by atoms with van der Waals surface area (Å²) in [7, 11) is 0. The number of amides is 1. The van der Waals surface area contributed by atoms with Crippen molar-refractivity contribution in [1.82, 2.24) is 25.3 Å². The highest BCUT2D eigenvalue weighted by Gasteiger charge is 2.19. The highest BCUT2D eigenvalue weighted by molar-refractivity contribution is 8.00. The molecule has 4 rings (SSSR count). The lowest BCUT2D eigenvalue weighted by Gasteiger charge is -2.12. The van der Waals surface area contributed by atoms with Gasteiger partial charge in [0, 0.05) is 11.4 Å². The molecule has 0 atom stereocenters. The molecule has 1 aromatic carbocycles. The summed E-state index contributed by atoms with van der Waals surface area (Å²) < 4.78 is 15.0. The van der Waals surface area contributed by atoms with Crippen molar-refractivity contribution in [2.24, 2.45) is 0 Å². The molecule has 0 bridgehead atoms. The van der Waals surface area contributed by atoms with Crippen LogP contribution < -0.4 is 5.32 Å². The summed E-state index contributed by atoms with van der Waals surface area (Å²) in [5, 5.41) is 17.5. The maximum Gasteiger partial charge on any atom is 0.230 e. The van der Waals surface area contributed by atoms with Gasteiger partial charge in [0.05, 0.1) is 23.3 Å². The lowest BCUT2D eigenvalue weighted by molar-refractivity contribution is -0.119. The lowest BCUT2D eigenvalue weighted by Crippen LogP contribution is -2.33. The first-order valence-corrected chi connectivity index (χ1v) is 9.99. The van der Waals surface area contributed by atoms with Gasteiger partial charge in [-0.25, -0.2) is 9.07 Å². The Labute approximate surface area is 160 Å². The second-order valence-electron chi connectivity index (χ2n) is 6.72. The Bertz CT molecular complexity index is 966. The number of fused-ring (bicyclic) bond motifs is 1. The van der Waals surface area contributed by atoms with Crippen molar-refractivity contribution in [3.63, 3.8) is 0 Å². The lowest BCUT2D eigenvalue weighted by atomic mass is 10.2. The van der Waals surface area contributed by atoms with E-state index in [2.05, 4.69) is 20.6 Å². The number of hydrogen-bond acceptors (Lipinski definition) is 5. The van der Waals surface area contributed by atoms with Crippen molar-refractivity contribution in [1.29, 1.82) is 0 Å². The topological polar surface area (TPSA) is 72.7 Å². The molecule has 2 heterocycles. The number of aromatic nitrogens is 4. The minimum Gasteiger partial charge on any atom is -0.353 e. The fourth-order valence-electron chi connectivity index (χ4n) is 3.39. The van der Waals surface area contributed by atoms with Gasteiger partial charge in [0.25, 0.3) is 0 Å². The second-order valence-corrected chi connectivity index (χ2v) is 7.69. The molecule has 0 saturated heterocycles. The Morgan fingerprint density at radius 2 is 2.00 bits per heavy atom. The van der Waals surface area contributed by atoms with E-state index in [1.54, 1.807) is 23.0 Å². The minimum absolute atomic E-state index is 0.00951. The van der Waals surface area contributed by atoms with Crippen LogP contribution in [-0.2, 0) is 4.79 Å². The van der Waals surface area contributed by atoms with E-state index in [9.17, 15) is 9.18 Å². The Kier molecular flexibility index (Phi) is 5.07. The molecule has 27 heavy (non-hydrogen) atoms. The van der Waals surface area contributed by atoms with Crippen LogP contribution >= 0.6 is 11.8 Å². The second kappa shape index (κ2) is 7.64. The highest BCUT2D eigenvalue weighted by atomic mass is 32.2. The third kappa shape index (κ3) is 3.80. The standard InChI is InChI=1S/C19H20FN5OS/c1-12-16-10-21-25(15-8-6-13(20)7-9-15)18(16)19(24-23-12)27-11-17(26)22-14-4-2-3-5-14/h6-10,14H,2-5,11H2,1H3,(H,22,26). The fraction of sp³-hybridized carbons (Fsp3) is 0.368. The predicted molar refractivity (Wildman–Crippen MR) is 102 cm³/mol. The first kappa shape index (κ1) is 17.9. The number of hydrogen-bond donors (Lipinski definition) is 1. The van der Waals surface area contributed by atoms with Gasteiger partial charge in [0.1, 0.15) is 16.4 Å². The summed E-state index contributed by atoms with van der Waals surface area (Å²) >= 11 is 1.35. The van der Waals surface area contributed by atoms with Crippen LogP contribution in [-0.4, -0.2) is 37.7 Å². The van der Waals surface area contributed by atoms with Gasteiger partial charge in [-0.3, -0.25) is 4.79 Å². The molecule has 2 aromatic heterocycles. The molecule has 1 fully saturated rings. The Morgan fingerprint density at radius 3 is 2.74 bits per heavy atom. The number of nitrogens with one attached hydrogen (secondary N) is 1. The van der Waals surface area contributed by atoms with Gasteiger partial charge in [-0.1, -0.05) is 24.6 Å². The van der Waals surface area contributed by atoms with Gasteiger partial charge in [0.15, 0.2) is 0 Å². The number of rotatable bonds is 5. The van der Waals surface area contributed by atoms with Gasteiger partial charge >= 0.3 is 0 Å². The first-order chi connectivity index (χ1) is 13.1. The molecule has 1 aliphatic rings. The Hall–Kier alpha value is -2.48. The third-order valence-corrected chi connectivity index (χ3v) is 5.74. The van der Waals surface area contributed by atoms with Gasteiger partial charge in [-0.2, -0.15) is 10.2 Å². The van der Waals surface area contributed by atoms with E-state index >= 15 is 0 Å². The number of thioether (sulfide) groups is 1. The third-order valence-electron chi connectivity index (χ3n) is 4.78. The smallest absolute Gasteiger partial charge is 0.230 e. The number of benzene rings is 1. The number of carbonyl (C=O) groups excluding carboxylic acids is 1. The van der Waals surface area contributed by atoms with E-state index in [1.807, 2.05) is 6.92 Å². The van der Waals surface area contributed by atoms with Crippen molar-refractivity contribution in [2.75, 3.05) is 5.75 Å². The summed E-state index contributed by atoms with van der Waals surface area (Å²) in [5.74, 6) is -0.0163. The van der Waals surface area contributed by atoms with Crippen molar-refractivity contribution in [3.05, 3.63) is 42.0 Å². The van der Waals surface area contributed by atoms with Crippen LogP contribution in [0.1, 0.15) is 31.4 Å². The number of aryl methyl sites for hydroxylation is 1. The van der Waals surface area contributed by atoms with Gasteiger partial charge in [-0.05, 0) is 44.0 Å². The molecule has 3 aromatic rings. The quantitative estimate of drug-likeness (QED) is 0.682. The van der Waals surface area contributed by atoms with E-state index in [0.29, 0.717) is 11.1 Å². The van der Waals surface area contributed by atoms with Crippen molar-refractivity contribution in [2.45, 2.75) is 43.7 Å². The molecule has 1 saturated carbocycles. The summed E-state index contributed by atoms with van der Waals surface area (Å²) in [6.07, 6.45) is 6.20. The first-order valence-electron chi connectivity index (χ1n) is 9.01. The molecule has 0 radical (unpaired) electrons. The molecule has 0 spiro atoms. The number of carbonyl (C=O) groups is 1. The van der Waals surface area contributed by atoms with Crippen LogP contribution in [0.25, 0.3) is 16.6 Å². The molecule has 1 amide bonds. The zero-order valence-electron chi connectivity index (χ0n) is 15.0. The summed E-state index contributed by atoms with van der Waals surface area (Å²) in [4.78, 5) is 12.3. The average Bonchev–Trinajstić information content (AvgIpc) is 3.32. The van der Waals surface area contributed by atoms with Crippen LogP contribution in [0, 0.1) is 12.7 Å². The van der Waals surface area contributed by atoms with E-state index < -0.39 is 0 Å². The Morgan fingerprint density at radius 1 is 1.26 bits per heavy atom. The van der Waals surface area contributed by atoms with Crippen molar-refractivity contribution < 1.29 is 9.18 Å². The maximum atomic E-state index is 13.3. The van der Waals surface area contributed by atoms with E-state index in [1.165, 1.54) is 36.7 Å². The number of halogens is 1. The molecular weight excluding hydrogens is 365 g/mol. The van der Waals surface area contributed by atoms with Gasteiger partial charge in [-0.15, -0.1) is 5.10 Å². The van der Waals surface area contributed by atoms with Crippen molar-refractivity contribution >= 4 is 28.6 Å². The van der Waals surface area contributed by atoms with Crippen LogP contribution in [0.2, 0.25) is 0 Å². The van der Waals surface area contributed by atoms with Crippen LogP contribution in [0.3, 0.4) is 0 Å². The SMILES string of the molecule is Cc1nnc(SCC(=O)NC2CCCC2)c2c1cnn2-c1ccc(F)cc1. The van der Waals surface area contributed by atoms with E-state index in [0.717, 1.165) is 35.1 Å². The van der Waals surface area contributed by atoms with E-state index in [4.69, 9.17) is 0 Å². The van der Waals surface area contributed by atoms with Gasteiger partial charge < -0.3 is 5.32 Å². The summed E-state index contributed by atoms with van der Waals surface area (Å²) in [6, 6.07) is 6.42. The monoisotopic (exact) mass is 385 g/mol. The maximum absolute atomic E-state index is 13.3. The summed E-state index contributed by atoms with van der Waals surface area (Å²) in [6.45, 7) is 1.87. The normalized spacial score (nSPS) is 14.7. The molecule has 6 nitrogen and oxygen atoms in total. The molecule has 0 aliphatic heterocycles. The summed E-state index contributed by atoms with van der Waals surface area (Å²) in [5.41, 5.74) is 2.28. The molecule has 1 N–H and O–H groups in total. The van der Waals surface area contributed by atoms with Crippen LogP contribution in [0.5, 0.6) is 0 Å². The van der Waals surface area contributed by atoms with Gasteiger partial charge in [0.2, 0.25) is 5.91 Å². The minimum atomic E-state index is -0.302. The van der Waals surface area contributed by atoms with Crippen molar-refractivity contribution in [3.8, 4) is 5.69 Å². The largest absolute Gasteiger partial charge is 0.353 e. The van der Waals surface area contributed by atoms with Crippen LogP contribution in [0.15, 0.2) is 35.5 Å². The molecule has 8 heteroatoms. The zero-order chi connectivity index (χ0) is 18.8. The van der Waals surface area contributed by atoms with E-state index in [-0.39, 0.29) is 17.5 Å². The Balaban J connectivity index is 1.60. The molecule has 1 aliphatic carbocycles. The number of nitrogens with zero attached hydrogens (tertiary/aromatic N) is 4. The fourth-order valence-corrected chi connectivity index (χ4v) is 4.17. The molecule has 140 valence electrons. The molecular formula is C19H20FN5OS. The zero-order valence-corrected chi connectivity index (χ0v) is 15.8. The predicted octanol–water partition coefficient (Wildman–Crippen LogP) is 3.41. The molecule has 0 unspecified atom stereocenters. The van der Waals surface area contributed by atoms with Crippen LogP contribution in [0.4, 0.5) is 4.39 Å².